The number of carbonyl (C=O) groups excluding carboxylic acids is 1. The Morgan fingerprint density at radius 2 is 1.76 bits per heavy atom. The normalized spacial score (nSPS) is 10.7. The van der Waals surface area contributed by atoms with Crippen LogP contribution in [0.25, 0.3) is 6.08 Å². The summed E-state index contributed by atoms with van der Waals surface area (Å²) in [6, 6.07) is 11.3. The van der Waals surface area contributed by atoms with Crippen LogP contribution in [0.15, 0.2) is 42.5 Å². The molecule has 0 unspecified atom stereocenters. The quantitative estimate of drug-likeness (QED) is 0.564. The number of ether oxygens (including phenoxy) is 2. The molecule has 0 saturated heterocycles. The lowest BCUT2D eigenvalue weighted by molar-refractivity contribution is 0.104. The Bertz CT molecular complexity index is 748. The van der Waals surface area contributed by atoms with Crippen LogP contribution in [-0.2, 0) is 6.42 Å². The maximum absolute atomic E-state index is 12.4. The molecule has 1 N–H and O–H groups in total. The fraction of sp³-hybridized carbons (Fsp3) is 0.286. The van der Waals surface area contributed by atoms with Crippen molar-refractivity contribution in [1.82, 2.24) is 0 Å². The van der Waals surface area contributed by atoms with Crippen LogP contribution >= 0.6 is 0 Å². The average Bonchev–Trinajstić information content (AvgIpc) is 2.66. The summed E-state index contributed by atoms with van der Waals surface area (Å²) in [6.07, 6.45) is 5.30. The van der Waals surface area contributed by atoms with E-state index in [0.717, 1.165) is 35.4 Å². The maximum atomic E-state index is 12.4. The number of carbonyl (C=O) groups is 1. The molecule has 0 heterocycles. The first-order valence-electron chi connectivity index (χ1n) is 8.38. The number of methoxy groups -OCH3 is 2. The number of anilines is 1. The minimum absolute atomic E-state index is 0.0439. The summed E-state index contributed by atoms with van der Waals surface area (Å²) in [5, 5.41) is 3.04. The monoisotopic (exact) mass is 339 g/mol. The lowest BCUT2D eigenvalue weighted by atomic mass is 10.0. The van der Waals surface area contributed by atoms with Crippen LogP contribution in [0.2, 0.25) is 0 Å². The molecule has 0 aliphatic carbocycles. The molecule has 0 aliphatic rings. The number of aryl methyl sites for hydroxylation is 1. The highest BCUT2D eigenvalue weighted by Crippen LogP contribution is 2.31. The van der Waals surface area contributed by atoms with Gasteiger partial charge in [-0.05, 0) is 54.5 Å². The SMILES string of the molecule is CCCc1cc(/C=C/C(=O)c2ccc(NC)cc2)c(OC)cc1OC. The van der Waals surface area contributed by atoms with E-state index < -0.39 is 0 Å². The van der Waals surface area contributed by atoms with E-state index in [0.29, 0.717) is 11.3 Å². The Hall–Kier alpha value is -2.75. The van der Waals surface area contributed by atoms with Gasteiger partial charge in [-0.15, -0.1) is 0 Å². The molecular weight excluding hydrogens is 314 g/mol. The van der Waals surface area contributed by atoms with Crippen molar-refractivity contribution in [3.63, 3.8) is 0 Å². The molecule has 4 heteroatoms. The number of hydrogen-bond donors (Lipinski definition) is 1. The maximum Gasteiger partial charge on any atom is 0.185 e. The van der Waals surface area contributed by atoms with Crippen molar-refractivity contribution in [2.45, 2.75) is 19.8 Å². The van der Waals surface area contributed by atoms with Crippen LogP contribution in [0.1, 0.15) is 34.8 Å². The highest BCUT2D eigenvalue weighted by molar-refractivity contribution is 6.07. The summed E-state index contributed by atoms with van der Waals surface area (Å²) in [5.41, 5.74) is 3.60. The van der Waals surface area contributed by atoms with Crippen LogP contribution < -0.4 is 14.8 Å². The molecule has 132 valence electrons. The highest BCUT2D eigenvalue weighted by atomic mass is 16.5. The van der Waals surface area contributed by atoms with Gasteiger partial charge in [0.05, 0.1) is 14.2 Å². The molecule has 0 bridgehead atoms. The van der Waals surface area contributed by atoms with Gasteiger partial charge in [0.25, 0.3) is 0 Å². The van der Waals surface area contributed by atoms with E-state index in [-0.39, 0.29) is 5.78 Å². The van der Waals surface area contributed by atoms with E-state index >= 15 is 0 Å². The van der Waals surface area contributed by atoms with Gasteiger partial charge in [-0.2, -0.15) is 0 Å². The van der Waals surface area contributed by atoms with Crippen molar-refractivity contribution in [3.05, 3.63) is 59.2 Å². The lowest BCUT2D eigenvalue weighted by Crippen LogP contribution is -1.97. The second-order valence-corrected chi connectivity index (χ2v) is 5.68. The zero-order valence-electron chi connectivity index (χ0n) is 15.3. The first-order valence-corrected chi connectivity index (χ1v) is 8.38. The van der Waals surface area contributed by atoms with Gasteiger partial charge >= 0.3 is 0 Å². The van der Waals surface area contributed by atoms with E-state index in [9.17, 15) is 4.79 Å². The summed E-state index contributed by atoms with van der Waals surface area (Å²) < 4.78 is 10.9. The summed E-state index contributed by atoms with van der Waals surface area (Å²) in [6.45, 7) is 2.12. The van der Waals surface area contributed by atoms with Gasteiger partial charge in [-0.3, -0.25) is 4.79 Å². The van der Waals surface area contributed by atoms with Crippen molar-refractivity contribution in [2.75, 3.05) is 26.6 Å². The van der Waals surface area contributed by atoms with E-state index in [2.05, 4.69) is 12.2 Å². The Morgan fingerprint density at radius 3 is 2.32 bits per heavy atom. The van der Waals surface area contributed by atoms with E-state index in [1.54, 1.807) is 26.4 Å². The fourth-order valence-electron chi connectivity index (χ4n) is 2.65. The third-order valence-electron chi connectivity index (χ3n) is 4.02. The molecule has 0 radical (unpaired) electrons. The Kier molecular flexibility index (Phi) is 6.63. The van der Waals surface area contributed by atoms with Crippen molar-refractivity contribution in [1.29, 1.82) is 0 Å². The van der Waals surface area contributed by atoms with Crippen LogP contribution in [0.4, 0.5) is 5.69 Å². The van der Waals surface area contributed by atoms with Gasteiger partial charge in [-0.1, -0.05) is 13.3 Å². The third-order valence-corrected chi connectivity index (χ3v) is 4.02. The number of benzene rings is 2. The summed E-state index contributed by atoms with van der Waals surface area (Å²) >= 11 is 0. The molecule has 0 saturated carbocycles. The zero-order valence-corrected chi connectivity index (χ0v) is 15.3. The summed E-state index contributed by atoms with van der Waals surface area (Å²) in [5.74, 6) is 1.45. The van der Waals surface area contributed by atoms with Crippen molar-refractivity contribution in [2.24, 2.45) is 0 Å². The smallest absolute Gasteiger partial charge is 0.185 e. The van der Waals surface area contributed by atoms with Crippen molar-refractivity contribution >= 4 is 17.5 Å². The zero-order chi connectivity index (χ0) is 18.2. The molecular formula is C21H25NO3. The van der Waals surface area contributed by atoms with Gasteiger partial charge in [-0.25, -0.2) is 0 Å². The molecule has 0 spiro atoms. The number of nitrogens with one attached hydrogen (secondary N) is 1. The van der Waals surface area contributed by atoms with Gasteiger partial charge in [0.1, 0.15) is 11.5 Å². The molecule has 2 rings (SSSR count). The first kappa shape index (κ1) is 18.6. The minimum atomic E-state index is -0.0439. The fourth-order valence-corrected chi connectivity index (χ4v) is 2.65. The molecule has 4 nitrogen and oxygen atoms in total. The predicted octanol–water partition coefficient (Wildman–Crippen LogP) is 4.59. The molecule has 0 atom stereocenters. The molecule has 0 amide bonds. The Labute approximate surface area is 149 Å². The number of ketones is 1. The first-order chi connectivity index (χ1) is 12.1. The number of hydrogen-bond acceptors (Lipinski definition) is 4. The lowest BCUT2D eigenvalue weighted by Gasteiger charge is -2.12. The van der Waals surface area contributed by atoms with E-state index in [1.165, 1.54) is 0 Å². The molecule has 0 aromatic heterocycles. The summed E-state index contributed by atoms with van der Waals surface area (Å²) in [4.78, 5) is 12.4. The number of allylic oxidation sites excluding steroid dienone is 1. The molecule has 2 aromatic rings. The van der Waals surface area contributed by atoms with Crippen molar-refractivity contribution in [3.8, 4) is 11.5 Å². The topological polar surface area (TPSA) is 47.6 Å². The van der Waals surface area contributed by atoms with Crippen LogP contribution in [0.5, 0.6) is 11.5 Å². The molecule has 2 aromatic carbocycles. The largest absolute Gasteiger partial charge is 0.496 e. The molecule has 0 aliphatic heterocycles. The second kappa shape index (κ2) is 8.92. The van der Waals surface area contributed by atoms with Crippen LogP contribution in [0.3, 0.4) is 0 Å². The predicted molar refractivity (Wildman–Crippen MR) is 103 cm³/mol. The second-order valence-electron chi connectivity index (χ2n) is 5.68. The molecule has 0 fully saturated rings. The Morgan fingerprint density at radius 1 is 1.08 bits per heavy atom. The van der Waals surface area contributed by atoms with Gasteiger partial charge < -0.3 is 14.8 Å². The average molecular weight is 339 g/mol. The summed E-state index contributed by atoms with van der Waals surface area (Å²) in [7, 11) is 5.12. The third kappa shape index (κ3) is 4.63. The molecule has 25 heavy (non-hydrogen) atoms. The van der Waals surface area contributed by atoms with Crippen molar-refractivity contribution < 1.29 is 14.3 Å². The van der Waals surface area contributed by atoms with Crippen LogP contribution in [0, 0.1) is 0 Å². The van der Waals surface area contributed by atoms with E-state index in [4.69, 9.17) is 9.47 Å². The van der Waals surface area contributed by atoms with Gasteiger partial charge in [0.15, 0.2) is 5.78 Å². The highest BCUT2D eigenvalue weighted by Gasteiger charge is 2.10. The van der Waals surface area contributed by atoms with Gasteiger partial charge in [0.2, 0.25) is 0 Å². The standard InChI is InChI=1S/C21H25NO3/c1-5-6-16-13-17(21(25-4)14-20(16)24-3)9-12-19(23)15-7-10-18(22-2)11-8-15/h7-14,22H,5-6H2,1-4H3/b12-9+. The minimum Gasteiger partial charge on any atom is -0.496 e. The van der Waals surface area contributed by atoms with Gasteiger partial charge in [0, 0.05) is 29.9 Å². The van der Waals surface area contributed by atoms with E-state index in [1.807, 2.05) is 43.4 Å². The number of rotatable bonds is 8. The van der Waals surface area contributed by atoms with Crippen LogP contribution in [-0.4, -0.2) is 27.1 Å². The Balaban J connectivity index is 2.28.